The molecule has 0 atom stereocenters. The summed E-state index contributed by atoms with van der Waals surface area (Å²) < 4.78 is 8.26. The van der Waals surface area contributed by atoms with Crippen LogP contribution in [0.1, 0.15) is 0 Å². The van der Waals surface area contributed by atoms with Crippen LogP contribution in [0.3, 0.4) is 0 Å². The van der Waals surface area contributed by atoms with Crippen LogP contribution >= 0.6 is 47.8 Å². The molecule has 0 amide bonds. The molecule has 0 fully saturated rings. The summed E-state index contributed by atoms with van der Waals surface area (Å²) >= 11 is 10.1. The Balaban J connectivity index is 2.27. The van der Waals surface area contributed by atoms with Crippen molar-refractivity contribution in [2.75, 3.05) is 0 Å². The predicted octanol–water partition coefficient (Wildman–Crippen LogP) is 5.16. The van der Waals surface area contributed by atoms with Gasteiger partial charge in [0.25, 0.3) is 0 Å². The molecule has 0 aliphatic rings. The largest absolute Gasteiger partial charge is 0.438 e. The lowest BCUT2D eigenvalue weighted by molar-refractivity contribution is 0.459. The van der Waals surface area contributed by atoms with E-state index in [4.69, 9.17) is 4.74 Å². The number of hydrogen-bond donors (Lipinski definition) is 0. The van der Waals surface area contributed by atoms with Gasteiger partial charge in [0.15, 0.2) is 0 Å². The summed E-state index contributed by atoms with van der Waals surface area (Å²) in [6.45, 7) is 0. The number of nitrogens with zero attached hydrogens (tertiary/aromatic N) is 1. The molecule has 0 aliphatic carbocycles. The highest BCUT2D eigenvalue weighted by Gasteiger charge is 2.04. The Bertz CT molecular complexity index is 516. The molecule has 1 aromatic heterocycles. The smallest absolute Gasteiger partial charge is 0.220 e. The monoisotopic (exact) mass is 405 g/mol. The number of rotatable bonds is 2. The van der Waals surface area contributed by atoms with E-state index in [0.717, 1.165) is 19.3 Å². The van der Waals surface area contributed by atoms with Gasteiger partial charge in [-0.1, -0.05) is 22.0 Å². The van der Waals surface area contributed by atoms with Crippen LogP contribution in [0.4, 0.5) is 0 Å². The van der Waals surface area contributed by atoms with Crippen LogP contribution < -0.4 is 4.74 Å². The number of halogens is 3. The van der Waals surface area contributed by atoms with E-state index in [9.17, 15) is 0 Å². The van der Waals surface area contributed by atoms with Crippen molar-refractivity contribution in [3.05, 3.63) is 49.9 Å². The normalized spacial score (nSPS) is 10.2. The number of pyridine rings is 1. The molecule has 1 aromatic carbocycles. The predicted molar refractivity (Wildman–Crippen MR) is 73.9 cm³/mol. The Kier molecular flexibility index (Phi) is 4.00. The van der Waals surface area contributed by atoms with Crippen LogP contribution in [-0.2, 0) is 0 Å². The summed E-state index contributed by atoms with van der Waals surface area (Å²) in [5.74, 6) is 1.28. The van der Waals surface area contributed by atoms with Crippen molar-refractivity contribution in [1.82, 2.24) is 4.98 Å². The fraction of sp³-hybridized carbons (Fsp3) is 0. The molecule has 0 saturated heterocycles. The quantitative estimate of drug-likeness (QED) is 0.641. The van der Waals surface area contributed by atoms with Crippen molar-refractivity contribution in [2.24, 2.45) is 0 Å². The van der Waals surface area contributed by atoms with E-state index in [1.54, 1.807) is 6.07 Å². The number of aromatic nitrogens is 1. The summed E-state index contributed by atoms with van der Waals surface area (Å²) in [6, 6.07) is 11.2. The molecule has 2 aromatic rings. The van der Waals surface area contributed by atoms with Crippen molar-refractivity contribution >= 4 is 47.8 Å². The molecule has 0 saturated carbocycles. The van der Waals surface area contributed by atoms with E-state index >= 15 is 0 Å². The maximum absolute atomic E-state index is 5.64. The summed E-state index contributed by atoms with van der Waals surface area (Å²) in [5.41, 5.74) is 0. The average molecular weight is 408 g/mol. The maximum Gasteiger partial charge on any atom is 0.220 e. The Hall–Kier alpha value is -0.390. The van der Waals surface area contributed by atoms with Gasteiger partial charge in [0.1, 0.15) is 10.4 Å². The molecule has 5 heteroatoms. The summed E-state index contributed by atoms with van der Waals surface area (Å²) in [7, 11) is 0. The molecule has 0 spiro atoms. The molecule has 2 nitrogen and oxygen atoms in total. The molecule has 0 N–H and O–H groups in total. The van der Waals surface area contributed by atoms with Gasteiger partial charge in [0.05, 0.1) is 4.47 Å². The minimum atomic E-state index is 0.553. The lowest BCUT2D eigenvalue weighted by Gasteiger charge is -2.07. The minimum absolute atomic E-state index is 0.553. The highest BCUT2D eigenvalue weighted by molar-refractivity contribution is 9.11. The topological polar surface area (TPSA) is 22.1 Å². The van der Waals surface area contributed by atoms with E-state index < -0.39 is 0 Å². The summed E-state index contributed by atoms with van der Waals surface area (Å²) in [6.07, 6.45) is 0. The maximum atomic E-state index is 5.64. The van der Waals surface area contributed by atoms with Crippen LogP contribution in [0.15, 0.2) is 49.9 Å². The first-order valence-electron chi connectivity index (χ1n) is 4.40. The van der Waals surface area contributed by atoms with Gasteiger partial charge in [-0.25, -0.2) is 4.98 Å². The number of benzene rings is 1. The Labute approximate surface area is 118 Å². The summed E-state index contributed by atoms with van der Waals surface area (Å²) in [5, 5.41) is 0. The lowest BCUT2D eigenvalue weighted by atomic mass is 10.3. The number of hydrogen-bond acceptors (Lipinski definition) is 2. The van der Waals surface area contributed by atoms with Gasteiger partial charge in [-0.3, -0.25) is 0 Å². The molecule has 0 unspecified atom stereocenters. The molecule has 16 heavy (non-hydrogen) atoms. The Morgan fingerprint density at radius 2 is 1.81 bits per heavy atom. The van der Waals surface area contributed by atoms with Crippen molar-refractivity contribution in [3.8, 4) is 11.6 Å². The second-order valence-corrected chi connectivity index (χ2v) is 5.56. The van der Waals surface area contributed by atoms with Gasteiger partial charge >= 0.3 is 0 Å². The highest BCUT2D eigenvalue weighted by Crippen LogP contribution is 2.31. The van der Waals surface area contributed by atoms with Gasteiger partial charge in [0.2, 0.25) is 5.88 Å². The Morgan fingerprint density at radius 1 is 1.00 bits per heavy atom. The van der Waals surface area contributed by atoms with Gasteiger partial charge < -0.3 is 4.74 Å². The van der Waals surface area contributed by atoms with Crippen LogP contribution in [0.25, 0.3) is 0 Å². The van der Waals surface area contributed by atoms with E-state index in [0.29, 0.717) is 5.88 Å². The van der Waals surface area contributed by atoms with Crippen molar-refractivity contribution in [1.29, 1.82) is 0 Å². The van der Waals surface area contributed by atoms with E-state index in [1.807, 2.05) is 30.3 Å². The van der Waals surface area contributed by atoms with Crippen molar-refractivity contribution < 1.29 is 4.74 Å². The zero-order valence-corrected chi connectivity index (χ0v) is 12.7. The molecular weight excluding hydrogens is 402 g/mol. The molecule has 1 heterocycles. The van der Waals surface area contributed by atoms with E-state index in [1.165, 1.54) is 0 Å². The molecule has 82 valence electrons. The highest BCUT2D eigenvalue weighted by atomic mass is 79.9. The molecule has 2 rings (SSSR count). The summed E-state index contributed by atoms with van der Waals surface area (Å²) in [4.78, 5) is 4.19. The third-order valence-electron chi connectivity index (χ3n) is 1.80. The zero-order chi connectivity index (χ0) is 11.5. The molecule has 0 radical (unpaired) electrons. The van der Waals surface area contributed by atoms with Gasteiger partial charge in [-0.05, 0) is 56.1 Å². The van der Waals surface area contributed by atoms with Crippen LogP contribution in [0, 0.1) is 0 Å². The van der Waals surface area contributed by atoms with Crippen LogP contribution in [0.2, 0.25) is 0 Å². The standard InChI is InChI=1S/C11H6Br3NO/c12-7-4-5-9(8(13)6-7)16-11-3-1-2-10(14)15-11/h1-6H. The van der Waals surface area contributed by atoms with Gasteiger partial charge in [-0.2, -0.15) is 0 Å². The number of ether oxygens (including phenoxy) is 1. The first kappa shape index (κ1) is 12.1. The van der Waals surface area contributed by atoms with E-state index in [2.05, 4.69) is 52.8 Å². The SMILES string of the molecule is Brc1ccc(Oc2cccc(Br)n2)c(Br)c1. The lowest BCUT2D eigenvalue weighted by Crippen LogP contribution is -1.88. The van der Waals surface area contributed by atoms with Gasteiger partial charge in [0, 0.05) is 10.5 Å². The molecule has 0 bridgehead atoms. The zero-order valence-electron chi connectivity index (χ0n) is 7.95. The first-order chi connectivity index (χ1) is 7.65. The van der Waals surface area contributed by atoms with Crippen LogP contribution in [0.5, 0.6) is 11.6 Å². The fourth-order valence-corrected chi connectivity index (χ4v) is 2.57. The fourth-order valence-electron chi connectivity index (χ4n) is 1.12. The first-order valence-corrected chi connectivity index (χ1v) is 6.78. The minimum Gasteiger partial charge on any atom is -0.438 e. The molecular formula is C11H6Br3NO. The van der Waals surface area contributed by atoms with Gasteiger partial charge in [-0.15, -0.1) is 0 Å². The third kappa shape index (κ3) is 3.06. The second-order valence-electron chi connectivity index (χ2n) is 2.98. The van der Waals surface area contributed by atoms with Crippen LogP contribution in [-0.4, -0.2) is 4.98 Å². The van der Waals surface area contributed by atoms with Crippen molar-refractivity contribution in [2.45, 2.75) is 0 Å². The van der Waals surface area contributed by atoms with Crippen molar-refractivity contribution in [3.63, 3.8) is 0 Å². The second kappa shape index (κ2) is 5.29. The third-order valence-corrected chi connectivity index (χ3v) is 3.35. The van der Waals surface area contributed by atoms with E-state index in [-0.39, 0.29) is 0 Å². The Morgan fingerprint density at radius 3 is 2.50 bits per heavy atom. The molecule has 0 aliphatic heterocycles. The average Bonchev–Trinajstić information content (AvgIpc) is 2.22.